The average molecular weight is 631 g/mol. The predicted molar refractivity (Wildman–Crippen MR) is 169 cm³/mol. The van der Waals surface area contributed by atoms with Gasteiger partial charge in [0.2, 0.25) is 11.8 Å². The smallest absolute Gasteiger partial charge is 0.413 e. The molecule has 0 saturated carbocycles. The van der Waals surface area contributed by atoms with Gasteiger partial charge in [-0.1, -0.05) is 76.2 Å². The van der Waals surface area contributed by atoms with Crippen molar-refractivity contribution in [2.45, 2.75) is 71.2 Å². The summed E-state index contributed by atoms with van der Waals surface area (Å²) in [4.78, 5) is 31.7. The van der Waals surface area contributed by atoms with Crippen LogP contribution in [0.15, 0.2) is 72.2 Å². The maximum atomic E-state index is 13.8. The Morgan fingerprint density at radius 3 is 2.07 bits per heavy atom. The first-order chi connectivity index (χ1) is 20.5. The summed E-state index contributed by atoms with van der Waals surface area (Å²) in [7, 11) is -2.75. The summed E-state index contributed by atoms with van der Waals surface area (Å²) in [6.45, 7) is 7.92. The Balaban J connectivity index is 1.84. The van der Waals surface area contributed by atoms with Crippen molar-refractivity contribution in [2.75, 3.05) is 7.11 Å². The van der Waals surface area contributed by atoms with Crippen LogP contribution in [-0.2, 0) is 25.1 Å². The fraction of sp³-hybridized carbons (Fsp3) is 0.452. The van der Waals surface area contributed by atoms with E-state index in [0.717, 1.165) is 5.56 Å². The number of hydrogen-bond donors (Lipinski definition) is 4. The predicted octanol–water partition coefficient (Wildman–Crippen LogP) is 5.27. The number of nitrogens with one attached hydrogen (secondary N) is 3. The minimum Gasteiger partial charge on any atom is -0.413 e. The second-order valence-corrected chi connectivity index (χ2v) is 13.9. The van der Waals surface area contributed by atoms with Gasteiger partial charge in [0.05, 0.1) is 6.04 Å². The van der Waals surface area contributed by atoms with E-state index in [0.29, 0.717) is 23.6 Å². The molecule has 4 N–H and O–H groups in total. The molecule has 0 saturated heterocycles. The number of carbonyl (C=O) groups is 2. The summed E-state index contributed by atoms with van der Waals surface area (Å²) in [5.74, 6) is -0.399. The van der Waals surface area contributed by atoms with E-state index in [1.807, 2.05) is 58.0 Å². The van der Waals surface area contributed by atoms with E-state index in [9.17, 15) is 19.3 Å². The third kappa shape index (κ3) is 11.2. The quantitative estimate of drug-likeness (QED) is 0.148. The zero-order valence-corrected chi connectivity index (χ0v) is 27.0. The molecule has 1 aromatic heterocycles. The summed E-state index contributed by atoms with van der Waals surface area (Å²) in [5, 5.41) is 21.9. The fourth-order valence-electron chi connectivity index (χ4n) is 4.56. The molecule has 234 valence electrons. The second-order valence-electron chi connectivity index (χ2n) is 11.2. The molecule has 1 heterocycles. The minimum absolute atomic E-state index is 0.0653. The number of benzene rings is 2. The van der Waals surface area contributed by atoms with Gasteiger partial charge in [0.1, 0.15) is 28.9 Å². The number of aliphatic hydroxyl groups excluding tert-OH is 1. The molecule has 0 fully saturated rings. The molecule has 3 rings (SSSR count). The van der Waals surface area contributed by atoms with Crippen molar-refractivity contribution in [3.8, 4) is 5.75 Å². The van der Waals surface area contributed by atoms with Crippen molar-refractivity contribution in [2.24, 2.45) is 11.8 Å². The zero-order valence-electron chi connectivity index (χ0n) is 25.3. The summed E-state index contributed by atoms with van der Waals surface area (Å²) in [5.41, 5.74) is 0.811. The number of hydrogen-bond acceptors (Lipinski definition) is 8. The lowest BCUT2D eigenvalue weighted by molar-refractivity contribution is -0.131. The highest BCUT2D eigenvalue weighted by Crippen LogP contribution is 2.44. The van der Waals surface area contributed by atoms with Gasteiger partial charge in [-0.3, -0.25) is 14.1 Å². The Hall–Kier alpha value is -3.08. The SMILES string of the molecule is COP(=O)(N[C@@H](Cc1ccccc1)C(=O)N[C@@H](CC(C)C)C(=O)N[C@@H](CC(C)C)[C@@H](O)c1nccs1)Oc1ccccc1. The van der Waals surface area contributed by atoms with E-state index < -0.39 is 43.8 Å². The molecule has 2 amide bonds. The van der Waals surface area contributed by atoms with E-state index in [2.05, 4.69) is 20.7 Å². The third-order valence-electron chi connectivity index (χ3n) is 6.60. The number of aliphatic hydroxyl groups is 1. The zero-order chi connectivity index (χ0) is 31.4. The Morgan fingerprint density at radius 1 is 0.907 bits per heavy atom. The van der Waals surface area contributed by atoms with Gasteiger partial charge in [-0.15, -0.1) is 11.3 Å². The molecular weight excluding hydrogens is 587 g/mol. The summed E-state index contributed by atoms with van der Waals surface area (Å²) in [6.07, 6.45) is 1.64. The fourth-order valence-corrected chi connectivity index (χ4v) is 6.47. The maximum absolute atomic E-state index is 13.8. The summed E-state index contributed by atoms with van der Waals surface area (Å²) >= 11 is 1.32. The number of para-hydroxylation sites is 1. The van der Waals surface area contributed by atoms with Crippen molar-refractivity contribution >= 4 is 30.9 Å². The Bertz CT molecular complexity index is 1310. The van der Waals surface area contributed by atoms with E-state index in [1.165, 1.54) is 18.4 Å². The van der Waals surface area contributed by atoms with Gasteiger partial charge in [-0.05, 0) is 48.8 Å². The first-order valence-electron chi connectivity index (χ1n) is 14.4. The van der Waals surface area contributed by atoms with Crippen LogP contribution in [0.2, 0.25) is 0 Å². The van der Waals surface area contributed by atoms with E-state index in [4.69, 9.17) is 9.05 Å². The van der Waals surface area contributed by atoms with Crippen molar-refractivity contribution in [1.29, 1.82) is 0 Å². The molecule has 12 heteroatoms. The second kappa shape index (κ2) is 16.7. The van der Waals surface area contributed by atoms with Crippen LogP contribution < -0.4 is 20.2 Å². The molecule has 0 radical (unpaired) electrons. The highest BCUT2D eigenvalue weighted by atomic mass is 32.1. The van der Waals surface area contributed by atoms with Gasteiger partial charge in [0.15, 0.2) is 0 Å². The highest BCUT2D eigenvalue weighted by Gasteiger charge is 2.35. The topological polar surface area (TPSA) is 139 Å². The molecule has 0 aliphatic heterocycles. The average Bonchev–Trinajstić information content (AvgIpc) is 3.51. The largest absolute Gasteiger partial charge is 0.459 e. The number of aromatic nitrogens is 1. The normalized spacial score (nSPS) is 15.7. The Labute approximate surface area is 258 Å². The highest BCUT2D eigenvalue weighted by molar-refractivity contribution is 7.52. The first-order valence-corrected chi connectivity index (χ1v) is 16.8. The van der Waals surface area contributed by atoms with Crippen molar-refractivity contribution in [3.63, 3.8) is 0 Å². The summed E-state index contributed by atoms with van der Waals surface area (Å²) in [6, 6.07) is 15.2. The number of nitrogens with zero attached hydrogens (tertiary/aromatic N) is 1. The van der Waals surface area contributed by atoms with E-state index >= 15 is 0 Å². The van der Waals surface area contributed by atoms with Crippen LogP contribution in [0.1, 0.15) is 57.2 Å². The lowest BCUT2D eigenvalue weighted by Crippen LogP contribution is -2.55. The molecule has 5 atom stereocenters. The number of thiazole rings is 1. The number of rotatable bonds is 17. The molecule has 43 heavy (non-hydrogen) atoms. The van der Waals surface area contributed by atoms with Crippen LogP contribution in [0.25, 0.3) is 0 Å². The van der Waals surface area contributed by atoms with Gasteiger partial charge in [0, 0.05) is 18.7 Å². The molecule has 0 aliphatic carbocycles. The molecular formula is C31H43N4O6PS. The van der Waals surface area contributed by atoms with Crippen LogP contribution in [0.5, 0.6) is 5.75 Å². The van der Waals surface area contributed by atoms with Crippen LogP contribution in [0.3, 0.4) is 0 Å². The van der Waals surface area contributed by atoms with E-state index in [-0.39, 0.29) is 18.3 Å². The lowest BCUT2D eigenvalue weighted by Gasteiger charge is -2.29. The molecule has 3 aromatic rings. The first kappa shape index (κ1) is 34.4. The third-order valence-corrected chi connectivity index (χ3v) is 9.01. The number of amides is 2. The van der Waals surface area contributed by atoms with Crippen LogP contribution in [-0.4, -0.2) is 47.1 Å². The molecule has 10 nitrogen and oxygen atoms in total. The van der Waals surface area contributed by atoms with Crippen LogP contribution in [0.4, 0.5) is 0 Å². The Morgan fingerprint density at radius 2 is 1.51 bits per heavy atom. The van der Waals surface area contributed by atoms with Gasteiger partial charge < -0.3 is 20.3 Å². The minimum atomic E-state index is -3.99. The monoisotopic (exact) mass is 630 g/mol. The van der Waals surface area contributed by atoms with Crippen LogP contribution >= 0.6 is 19.1 Å². The molecule has 2 aromatic carbocycles. The summed E-state index contributed by atoms with van der Waals surface area (Å²) < 4.78 is 24.6. The molecule has 0 bridgehead atoms. The van der Waals surface area contributed by atoms with Gasteiger partial charge in [-0.2, -0.15) is 5.09 Å². The molecule has 0 aliphatic rings. The van der Waals surface area contributed by atoms with Gasteiger partial charge >= 0.3 is 7.75 Å². The maximum Gasteiger partial charge on any atom is 0.459 e. The molecule has 0 spiro atoms. The standard InChI is InChI=1S/C31H43N4O6PS/c1-21(2)18-25(28(36)31-32-16-17-43-31)33-29(37)26(19-22(3)4)34-30(38)27(20-23-12-8-6-9-13-23)35-42(39,40-5)41-24-14-10-7-11-15-24/h6-17,21-22,25-28,36H,18-20H2,1-5H3,(H,33,37)(H,34,38)(H,35,39)/t25-,26-,27-,28+,42?/m0/s1. The van der Waals surface area contributed by atoms with Gasteiger partial charge in [0.25, 0.3) is 0 Å². The Kier molecular flexibility index (Phi) is 13.3. The van der Waals surface area contributed by atoms with Crippen LogP contribution in [0, 0.1) is 11.8 Å². The lowest BCUT2D eigenvalue weighted by atomic mass is 9.97. The number of carbonyl (C=O) groups excluding carboxylic acids is 2. The van der Waals surface area contributed by atoms with Crippen molar-refractivity contribution in [1.82, 2.24) is 20.7 Å². The molecule has 1 unspecified atom stereocenters. The van der Waals surface area contributed by atoms with Crippen molar-refractivity contribution < 1.29 is 28.3 Å². The van der Waals surface area contributed by atoms with Gasteiger partial charge in [-0.25, -0.2) is 9.55 Å². The van der Waals surface area contributed by atoms with Crippen molar-refractivity contribution in [3.05, 3.63) is 82.8 Å². The van der Waals surface area contributed by atoms with E-state index in [1.54, 1.807) is 41.9 Å².